The first kappa shape index (κ1) is 14.3. The largest absolute Gasteiger partial charge is 0.494 e. The molecule has 0 amide bonds. The summed E-state index contributed by atoms with van der Waals surface area (Å²) < 4.78 is 18.7. The number of halogens is 1. The Morgan fingerprint density at radius 3 is 2.42 bits per heavy atom. The van der Waals surface area contributed by atoms with Gasteiger partial charge in [-0.25, -0.2) is 4.39 Å². The molecule has 1 fully saturated rings. The molecule has 2 nitrogen and oxygen atoms in total. The van der Waals surface area contributed by atoms with Crippen LogP contribution in [-0.2, 0) is 5.60 Å². The first-order valence-corrected chi connectivity index (χ1v) is 7.02. The fourth-order valence-corrected chi connectivity index (χ4v) is 3.03. The van der Waals surface area contributed by atoms with Crippen LogP contribution in [0.25, 0.3) is 0 Å². The first-order valence-electron chi connectivity index (χ1n) is 7.02. The Labute approximate surface area is 114 Å². The van der Waals surface area contributed by atoms with Gasteiger partial charge >= 0.3 is 0 Å². The summed E-state index contributed by atoms with van der Waals surface area (Å²) in [7, 11) is 1.45. The summed E-state index contributed by atoms with van der Waals surface area (Å²) in [5, 5.41) is 10.7. The van der Waals surface area contributed by atoms with E-state index in [1.54, 1.807) is 12.1 Å². The van der Waals surface area contributed by atoms with E-state index in [4.69, 9.17) is 4.74 Å². The van der Waals surface area contributed by atoms with Gasteiger partial charge in [-0.05, 0) is 55.2 Å². The molecule has 1 aliphatic carbocycles. The van der Waals surface area contributed by atoms with Gasteiger partial charge in [-0.1, -0.05) is 19.9 Å². The van der Waals surface area contributed by atoms with Crippen LogP contribution in [0.15, 0.2) is 18.2 Å². The summed E-state index contributed by atoms with van der Waals surface area (Å²) >= 11 is 0. The van der Waals surface area contributed by atoms with E-state index in [0.717, 1.165) is 12.8 Å². The summed E-state index contributed by atoms with van der Waals surface area (Å²) in [5.74, 6) is 1.14. The molecule has 106 valence electrons. The third-order valence-corrected chi connectivity index (χ3v) is 4.49. The highest BCUT2D eigenvalue weighted by Crippen LogP contribution is 2.42. The van der Waals surface area contributed by atoms with Crippen molar-refractivity contribution in [1.82, 2.24) is 0 Å². The quantitative estimate of drug-likeness (QED) is 0.900. The Morgan fingerprint density at radius 2 is 1.95 bits per heavy atom. The van der Waals surface area contributed by atoms with Crippen molar-refractivity contribution in [3.63, 3.8) is 0 Å². The summed E-state index contributed by atoms with van der Waals surface area (Å²) in [6, 6.07) is 4.78. The number of hydrogen-bond acceptors (Lipinski definition) is 2. The molecule has 1 aliphatic rings. The lowest BCUT2D eigenvalue weighted by Gasteiger charge is -2.38. The molecule has 0 saturated heterocycles. The molecule has 0 aromatic heterocycles. The third kappa shape index (κ3) is 2.92. The van der Waals surface area contributed by atoms with Crippen LogP contribution in [0.4, 0.5) is 4.39 Å². The van der Waals surface area contributed by atoms with Gasteiger partial charge in [-0.2, -0.15) is 0 Å². The molecule has 0 atom stereocenters. The van der Waals surface area contributed by atoms with Crippen LogP contribution >= 0.6 is 0 Å². The molecule has 0 unspecified atom stereocenters. The van der Waals surface area contributed by atoms with Gasteiger partial charge in [0.15, 0.2) is 11.6 Å². The minimum absolute atomic E-state index is 0.225. The Hall–Kier alpha value is -1.09. The molecule has 0 heterocycles. The summed E-state index contributed by atoms with van der Waals surface area (Å²) in [5.41, 5.74) is -0.202. The van der Waals surface area contributed by atoms with Crippen molar-refractivity contribution in [2.75, 3.05) is 7.11 Å². The highest BCUT2D eigenvalue weighted by molar-refractivity contribution is 5.32. The van der Waals surface area contributed by atoms with E-state index in [1.807, 2.05) is 0 Å². The summed E-state index contributed by atoms with van der Waals surface area (Å²) in [6.45, 7) is 4.45. The zero-order valence-electron chi connectivity index (χ0n) is 11.9. The predicted octanol–water partition coefficient (Wildman–Crippen LogP) is 3.87. The maximum atomic E-state index is 13.7. The number of methoxy groups -OCH3 is 1. The van der Waals surface area contributed by atoms with Crippen LogP contribution in [0.2, 0.25) is 0 Å². The lowest BCUT2D eigenvalue weighted by Crippen LogP contribution is -2.32. The van der Waals surface area contributed by atoms with Crippen molar-refractivity contribution in [3.8, 4) is 5.75 Å². The van der Waals surface area contributed by atoms with E-state index in [9.17, 15) is 9.50 Å². The van der Waals surface area contributed by atoms with Crippen LogP contribution in [0.1, 0.15) is 45.1 Å². The fraction of sp³-hybridized carbons (Fsp3) is 0.625. The van der Waals surface area contributed by atoms with Crippen molar-refractivity contribution < 1.29 is 14.2 Å². The Bertz CT molecular complexity index is 434. The van der Waals surface area contributed by atoms with E-state index in [0.29, 0.717) is 30.2 Å². The van der Waals surface area contributed by atoms with Crippen LogP contribution in [0, 0.1) is 17.7 Å². The predicted molar refractivity (Wildman–Crippen MR) is 73.6 cm³/mol. The molecule has 1 N–H and O–H groups in total. The third-order valence-electron chi connectivity index (χ3n) is 4.49. The maximum Gasteiger partial charge on any atom is 0.165 e. The fourth-order valence-electron chi connectivity index (χ4n) is 3.03. The maximum absolute atomic E-state index is 13.7. The minimum Gasteiger partial charge on any atom is -0.494 e. The molecule has 0 spiro atoms. The SMILES string of the molecule is COc1ccc(C2(O)CCC(C(C)C)CC2)cc1F. The molecule has 0 bridgehead atoms. The monoisotopic (exact) mass is 266 g/mol. The molecule has 0 aliphatic heterocycles. The van der Waals surface area contributed by atoms with E-state index in [1.165, 1.54) is 13.2 Å². The number of hydrogen-bond donors (Lipinski definition) is 1. The average molecular weight is 266 g/mol. The molecule has 1 saturated carbocycles. The summed E-state index contributed by atoms with van der Waals surface area (Å²) in [6.07, 6.45) is 3.42. The van der Waals surface area contributed by atoms with Crippen LogP contribution in [-0.4, -0.2) is 12.2 Å². The van der Waals surface area contributed by atoms with Crippen molar-refractivity contribution in [3.05, 3.63) is 29.6 Å². The van der Waals surface area contributed by atoms with E-state index >= 15 is 0 Å². The molecule has 1 aromatic rings. The van der Waals surface area contributed by atoms with Gasteiger partial charge in [-0.15, -0.1) is 0 Å². The standard InChI is InChI=1S/C16H23FO2/c1-11(2)12-6-8-16(18,9-7-12)13-4-5-15(19-3)14(17)10-13/h4-5,10-12,18H,6-9H2,1-3H3. The molecular weight excluding hydrogens is 243 g/mol. The normalized spacial score (nSPS) is 27.6. The second-order valence-corrected chi connectivity index (χ2v) is 5.96. The van der Waals surface area contributed by atoms with Crippen molar-refractivity contribution >= 4 is 0 Å². The first-order chi connectivity index (χ1) is 8.96. The number of benzene rings is 1. The molecule has 19 heavy (non-hydrogen) atoms. The van der Waals surface area contributed by atoms with Crippen molar-refractivity contribution in [2.45, 2.75) is 45.1 Å². The van der Waals surface area contributed by atoms with Crippen molar-refractivity contribution in [1.29, 1.82) is 0 Å². The Balaban J connectivity index is 2.15. The molecule has 2 rings (SSSR count). The number of aliphatic hydroxyl groups is 1. The molecule has 0 radical (unpaired) electrons. The highest BCUT2D eigenvalue weighted by atomic mass is 19.1. The van der Waals surface area contributed by atoms with Gasteiger partial charge in [0, 0.05) is 0 Å². The van der Waals surface area contributed by atoms with E-state index in [2.05, 4.69) is 13.8 Å². The second-order valence-electron chi connectivity index (χ2n) is 5.96. The lowest BCUT2D eigenvalue weighted by molar-refractivity contribution is -0.0202. The van der Waals surface area contributed by atoms with Crippen LogP contribution < -0.4 is 4.74 Å². The zero-order valence-corrected chi connectivity index (χ0v) is 11.9. The number of rotatable bonds is 3. The van der Waals surface area contributed by atoms with Gasteiger partial charge in [0.2, 0.25) is 0 Å². The summed E-state index contributed by atoms with van der Waals surface area (Å²) in [4.78, 5) is 0. The molecule has 1 aromatic carbocycles. The molecule has 3 heteroatoms. The lowest BCUT2D eigenvalue weighted by atomic mass is 9.72. The van der Waals surface area contributed by atoms with Gasteiger partial charge in [0.1, 0.15) is 0 Å². The van der Waals surface area contributed by atoms with E-state index < -0.39 is 11.4 Å². The van der Waals surface area contributed by atoms with Crippen LogP contribution in [0.3, 0.4) is 0 Å². The Morgan fingerprint density at radius 1 is 1.32 bits per heavy atom. The van der Waals surface area contributed by atoms with Gasteiger partial charge in [0.05, 0.1) is 12.7 Å². The topological polar surface area (TPSA) is 29.5 Å². The second kappa shape index (κ2) is 5.49. The van der Waals surface area contributed by atoms with Gasteiger partial charge in [0.25, 0.3) is 0 Å². The highest BCUT2D eigenvalue weighted by Gasteiger charge is 2.35. The van der Waals surface area contributed by atoms with Crippen LogP contribution in [0.5, 0.6) is 5.75 Å². The minimum atomic E-state index is -0.876. The van der Waals surface area contributed by atoms with Gasteiger partial charge < -0.3 is 9.84 Å². The van der Waals surface area contributed by atoms with Gasteiger partial charge in [-0.3, -0.25) is 0 Å². The zero-order chi connectivity index (χ0) is 14.0. The van der Waals surface area contributed by atoms with Crippen molar-refractivity contribution in [2.24, 2.45) is 11.8 Å². The number of ether oxygens (including phenoxy) is 1. The average Bonchev–Trinajstić information content (AvgIpc) is 2.39. The smallest absolute Gasteiger partial charge is 0.165 e. The Kier molecular flexibility index (Phi) is 4.14. The van der Waals surface area contributed by atoms with E-state index in [-0.39, 0.29) is 5.75 Å². The molecular formula is C16H23FO2.